The number of rotatable bonds is 0. The van der Waals surface area contributed by atoms with Crippen molar-refractivity contribution in [3.8, 4) is 4.93 Å². The molecule has 0 aliphatic carbocycles. The second-order valence-electron chi connectivity index (χ2n) is 0.224. The van der Waals surface area contributed by atoms with E-state index in [1.165, 1.54) is 0 Å². The molecule has 0 aromatic carbocycles. The molecule has 0 unspecified atom stereocenters. The van der Waals surface area contributed by atoms with Crippen LogP contribution in [0.5, 0.6) is 0 Å². The third-order valence-corrected chi connectivity index (χ3v) is 0. The molecule has 3 heteroatoms. The van der Waals surface area contributed by atoms with Crippen LogP contribution in [0.25, 0.3) is 0 Å². The van der Waals surface area contributed by atoms with Gasteiger partial charge in [-0.3, -0.25) is 0 Å². The summed E-state index contributed by atoms with van der Waals surface area (Å²) in [5, 5.41) is 7.38. The smallest absolute Gasteiger partial charge is 0.226 e. The van der Waals surface area contributed by atoms with E-state index >= 15 is 0 Å². The van der Waals surface area contributed by atoms with Crippen molar-refractivity contribution in [2.75, 3.05) is 0 Å². The van der Waals surface area contributed by atoms with E-state index in [1.54, 1.807) is 0 Å². The molecule has 1 nitrogen and oxygen atoms in total. The van der Waals surface area contributed by atoms with E-state index in [4.69, 9.17) is 5.26 Å². The summed E-state index contributed by atoms with van der Waals surface area (Å²) in [6, 6.07) is 0. The van der Waals surface area contributed by atoms with E-state index in [1.807, 2.05) is 4.93 Å². The molecule has 4 heavy (non-hydrogen) atoms. The van der Waals surface area contributed by atoms with Crippen molar-refractivity contribution in [3.05, 3.63) is 0 Å². The summed E-state index contributed by atoms with van der Waals surface area (Å²) in [5.74, 6) is 0. The van der Waals surface area contributed by atoms with Gasteiger partial charge in [0.2, 0.25) is 0 Å². The molecular weight excluding hydrogens is 108 g/mol. The Balaban J connectivity index is 0. The van der Waals surface area contributed by atoms with Gasteiger partial charge in [0.25, 0.3) is 0 Å². The number of nitrogens with zero attached hydrogens (tertiary/aromatic N) is 1. The van der Waals surface area contributed by atoms with Crippen LogP contribution in [0.1, 0.15) is 0 Å². The summed E-state index contributed by atoms with van der Waals surface area (Å²) >= 11 is 0.674. The summed E-state index contributed by atoms with van der Waals surface area (Å²) in [6.45, 7) is 0. The van der Waals surface area contributed by atoms with Gasteiger partial charge in [-0.1, -0.05) is 4.93 Å². The van der Waals surface area contributed by atoms with Crippen LogP contribution in [0.3, 0.4) is 0 Å². The van der Waals surface area contributed by atoms with Crippen LogP contribution in [0.4, 0.5) is 0 Å². The van der Waals surface area contributed by atoms with E-state index in [-0.39, 0.29) is 17.1 Å². The molecule has 1 radical (unpaired) electrons. The van der Waals surface area contributed by atoms with Crippen LogP contribution in [-0.4, -0.2) is 16.3 Å². The van der Waals surface area contributed by atoms with Crippen molar-refractivity contribution in [1.82, 2.24) is 0 Å². The number of hydrogen-bond acceptors (Lipinski definition) is 1. The predicted octanol–water partition coefficient (Wildman–Crippen LogP) is -0.902. The van der Waals surface area contributed by atoms with Crippen molar-refractivity contribution >= 4 is 16.3 Å². The molecule has 0 aliphatic rings. The first kappa shape index (κ1) is 8.82. The summed E-state index contributed by atoms with van der Waals surface area (Å²) in [5.41, 5.74) is 0. The van der Waals surface area contributed by atoms with E-state index in [2.05, 4.69) is 0 Å². The molecule has 0 amide bonds. The van der Waals surface area contributed by atoms with Crippen molar-refractivity contribution in [3.63, 3.8) is 0 Å². The van der Waals surface area contributed by atoms with Gasteiger partial charge in [-0.2, -0.15) is 0 Å². The molecule has 0 rings (SSSR count). The number of nitriles is 1. The van der Waals surface area contributed by atoms with Crippen LogP contribution in [0, 0.1) is 10.2 Å². The van der Waals surface area contributed by atoms with Crippen molar-refractivity contribution < 1.29 is 17.1 Å². The van der Waals surface area contributed by atoms with E-state index in [0.717, 1.165) is 0 Å². The average Bonchev–Trinajstić information content (AvgIpc) is 0.918. The Morgan fingerprint density at radius 1 is 1.75 bits per heavy atom. The van der Waals surface area contributed by atoms with Gasteiger partial charge in [-0.15, -0.1) is 0 Å². The fourth-order valence-corrected chi connectivity index (χ4v) is 0. The van der Waals surface area contributed by atoms with Crippen LogP contribution >= 0.6 is 0 Å². The van der Waals surface area contributed by atoms with Crippen molar-refractivity contribution in [2.24, 2.45) is 0 Å². The summed E-state index contributed by atoms with van der Waals surface area (Å²) in [6.07, 6.45) is 0. The maximum Gasteiger partial charge on any atom is 0.376 e. The van der Waals surface area contributed by atoms with E-state index in [0.29, 0.717) is 16.3 Å². The zero-order valence-electron chi connectivity index (χ0n) is 2.33. The fraction of sp³-hybridized carbons (Fsp3) is 0. The van der Waals surface area contributed by atoms with E-state index < -0.39 is 0 Å². The average molecular weight is 110 g/mol. The second kappa shape index (κ2) is 9.63. The Morgan fingerprint density at radius 3 is 1.75 bits per heavy atom. The zero-order valence-corrected chi connectivity index (χ0v) is 5.51. The van der Waals surface area contributed by atoms with Gasteiger partial charge in [0.05, 0.1) is 0 Å². The van der Waals surface area contributed by atoms with Gasteiger partial charge < -0.3 is 0 Å². The van der Waals surface area contributed by atoms with Gasteiger partial charge in [0, 0.05) is 17.1 Å². The normalized spacial score (nSPS) is 1.75. The zero-order chi connectivity index (χ0) is 2.71. The maximum atomic E-state index is 7.38. The first-order chi connectivity index (χ1) is 1.41. The molecule has 0 bridgehead atoms. The molecule has 0 spiro atoms. The van der Waals surface area contributed by atoms with Gasteiger partial charge in [0.1, 0.15) is 0 Å². The Hall–Kier alpha value is 0.542. The van der Waals surface area contributed by atoms with Crippen LogP contribution in [-0.2, 0) is 17.1 Å². The SMILES string of the molecule is N#[C][AlH2].[Mn]. The van der Waals surface area contributed by atoms with E-state index in [9.17, 15) is 0 Å². The van der Waals surface area contributed by atoms with Crippen molar-refractivity contribution in [2.45, 2.75) is 0 Å². The first-order valence-corrected chi connectivity index (χ1v) is 1.72. The summed E-state index contributed by atoms with van der Waals surface area (Å²) in [7, 11) is 0. The molecule has 0 aromatic rings. The Bertz CT molecular complexity index is 29.5. The quantitative estimate of drug-likeness (QED) is 0.370. The molecule has 0 aromatic heterocycles. The van der Waals surface area contributed by atoms with Crippen LogP contribution in [0.15, 0.2) is 0 Å². The molecule has 0 atom stereocenters. The Kier molecular flexibility index (Phi) is 21.2. The second-order valence-corrected chi connectivity index (χ2v) is 0.671. The molecule has 0 saturated heterocycles. The molecule has 0 aliphatic heterocycles. The fourth-order valence-electron chi connectivity index (χ4n) is 0. The first-order valence-electron chi connectivity index (χ1n) is 0.724. The minimum Gasteiger partial charge on any atom is -0.226 e. The van der Waals surface area contributed by atoms with Gasteiger partial charge in [-0.25, -0.2) is 5.26 Å². The molecular formula is CH2AlMnN. The molecule has 21 valence electrons. The Morgan fingerprint density at radius 2 is 1.75 bits per heavy atom. The standard InChI is InChI=1S/CN.Al.Mn.2H/c1-2;;;;. The maximum absolute atomic E-state index is 7.38. The predicted molar refractivity (Wildman–Crippen MR) is 14.2 cm³/mol. The van der Waals surface area contributed by atoms with Crippen LogP contribution in [0.2, 0.25) is 0 Å². The summed E-state index contributed by atoms with van der Waals surface area (Å²) < 4.78 is 0. The third-order valence-electron chi connectivity index (χ3n) is 0. The van der Waals surface area contributed by atoms with Gasteiger partial charge >= 0.3 is 16.3 Å². The molecule has 0 heterocycles. The van der Waals surface area contributed by atoms with Gasteiger partial charge in [-0.05, 0) is 0 Å². The molecule has 0 saturated carbocycles. The third kappa shape index (κ3) is 20.6. The minimum absolute atomic E-state index is 0. The number of hydrogen-bond donors (Lipinski definition) is 0. The van der Waals surface area contributed by atoms with Crippen LogP contribution < -0.4 is 0 Å². The topological polar surface area (TPSA) is 23.8 Å². The Labute approximate surface area is 43.9 Å². The summed E-state index contributed by atoms with van der Waals surface area (Å²) in [4.78, 5) is 1.89. The minimum atomic E-state index is 0. The molecule has 0 fully saturated rings. The van der Waals surface area contributed by atoms with Gasteiger partial charge in [0.15, 0.2) is 0 Å². The van der Waals surface area contributed by atoms with Crippen molar-refractivity contribution in [1.29, 1.82) is 5.26 Å². The molecule has 0 N–H and O–H groups in total. The largest absolute Gasteiger partial charge is 0.376 e. The monoisotopic (exact) mass is 110 g/mol.